The number of carbonyl (C=O) groups excluding carboxylic acids is 1. The third-order valence-electron chi connectivity index (χ3n) is 6.79. The zero-order valence-corrected chi connectivity index (χ0v) is 23.2. The highest BCUT2D eigenvalue weighted by Gasteiger charge is 2.28. The van der Waals surface area contributed by atoms with E-state index in [4.69, 9.17) is 9.72 Å². The van der Waals surface area contributed by atoms with Gasteiger partial charge < -0.3 is 4.74 Å². The quantitative estimate of drug-likeness (QED) is 0.275. The number of hydrogen-bond acceptors (Lipinski definition) is 6. The molecule has 0 aliphatic carbocycles. The summed E-state index contributed by atoms with van der Waals surface area (Å²) in [6.07, 6.45) is 2.73. The van der Waals surface area contributed by atoms with E-state index >= 15 is 0 Å². The van der Waals surface area contributed by atoms with E-state index in [1.807, 2.05) is 36.4 Å². The van der Waals surface area contributed by atoms with E-state index in [1.54, 1.807) is 24.1 Å². The molecular weight excluding hydrogens is 518 g/mol. The van der Waals surface area contributed by atoms with Crippen molar-refractivity contribution in [3.8, 4) is 0 Å². The Balaban J connectivity index is 1.40. The van der Waals surface area contributed by atoms with Gasteiger partial charge in [-0.05, 0) is 66.8 Å². The van der Waals surface area contributed by atoms with Crippen LogP contribution in [0.5, 0.6) is 0 Å². The molecule has 1 atom stereocenters. The van der Waals surface area contributed by atoms with Crippen LogP contribution in [0.15, 0.2) is 77.7 Å². The van der Waals surface area contributed by atoms with Crippen molar-refractivity contribution in [2.24, 2.45) is 0 Å². The van der Waals surface area contributed by atoms with Crippen LogP contribution in [0.1, 0.15) is 41.3 Å². The molecule has 198 valence electrons. The summed E-state index contributed by atoms with van der Waals surface area (Å²) in [6, 6.07) is 21.8. The molecule has 2 heterocycles. The molecule has 5 rings (SSSR count). The van der Waals surface area contributed by atoms with Gasteiger partial charge in [0.2, 0.25) is 10.0 Å². The highest BCUT2D eigenvalue weighted by molar-refractivity contribution is 7.89. The number of ether oxygens (including phenoxy) is 1. The Labute approximate surface area is 227 Å². The predicted molar refractivity (Wildman–Crippen MR) is 151 cm³/mol. The Kier molecular flexibility index (Phi) is 7.90. The zero-order chi connectivity index (χ0) is 26.7. The molecule has 0 spiro atoms. The third kappa shape index (κ3) is 5.66. The summed E-state index contributed by atoms with van der Waals surface area (Å²) in [7, 11) is -2.16. The maximum Gasteiger partial charge on any atom is 0.260 e. The van der Waals surface area contributed by atoms with Gasteiger partial charge in [0.05, 0.1) is 27.8 Å². The molecule has 1 saturated heterocycles. The number of fused-ring (bicyclic) bond motifs is 1. The van der Waals surface area contributed by atoms with Gasteiger partial charge in [0.1, 0.15) is 0 Å². The molecule has 1 amide bonds. The summed E-state index contributed by atoms with van der Waals surface area (Å²) in [5, 5.41) is 0.619. The van der Waals surface area contributed by atoms with E-state index in [0.717, 1.165) is 35.0 Å². The van der Waals surface area contributed by atoms with E-state index < -0.39 is 10.0 Å². The van der Waals surface area contributed by atoms with Gasteiger partial charge in [-0.1, -0.05) is 54.7 Å². The lowest BCUT2D eigenvalue weighted by Gasteiger charge is -2.23. The normalized spacial score (nSPS) is 15.8. The maximum absolute atomic E-state index is 13.7. The first-order valence-electron chi connectivity index (χ1n) is 12.8. The van der Waals surface area contributed by atoms with Gasteiger partial charge in [0.15, 0.2) is 5.13 Å². The molecule has 0 N–H and O–H groups in total. The molecule has 9 heteroatoms. The molecule has 1 aromatic heterocycles. The average molecular weight is 550 g/mol. The smallest absolute Gasteiger partial charge is 0.260 e. The predicted octanol–water partition coefficient (Wildman–Crippen LogP) is 5.51. The number of aryl methyl sites for hydroxylation is 1. The topological polar surface area (TPSA) is 79.8 Å². The second-order valence-corrected chi connectivity index (χ2v) is 12.5. The number of hydrogen-bond donors (Lipinski definition) is 0. The van der Waals surface area contributed by atoms with Crippen LogP contribution in [0.2, 0.25) is 0 Å². The summed E-state index contributed by atoms with van der Waals surface area (Å²) >= 11 is 1.49. The first-order chi connectivity index (χ1) is 18.3. The largest absolute Gasteiger partial charge is 0.376 e. The van der Waals surface area contributed by atoms with Gasteiger partial charge in [-0.15, -0.1) is 0 Å². The zero-order valence-electron chi connectivity index (χ0n) is 21.5. The molecule has 1 aliphatic rings. The molecule has 0 bridgehead atoms. The first kappa shape index (κ1) is 26.5. The lowest BCUT2D eigenvalue weighted by molar-refractivity contribution is 0.0917. The van der Waals surface area contributed by atoms with E-state index in [0.29, 0.717) is 23.8 Å². The third-order valence-corrected chi connectivity index (χ3v) is 9.65. The number of benzene rings is 3. The number of amides is 1. The van der Waals surface area contributed by atoms with Crippen LogP contribution in [0.3, 0.4) is 0 Å². The van der Waals surface area contributed by atoms with E-state index in [-0.39, 0.29) is 23.5 Å². The summed E-state index contributed by atoms with van der Waals surface area (Å²) in [4.78, 5) is 20.3. The Morgan fingerprint density at radius 2 is 1.82 bits per heavy atom. The van der Waals surface area contributed by atoms with Crippen molar-refractivity contribution in [2.75, 3.05) is 25.1 Å². The number of rotatable bonds is 9. The van der Waals surface area contributed by atoms with E-state index in [1.165, 1.54) is 33.3 Å². The van der Waals surface area contributed by atoms with Crippen molar-refractivity contribution < 1.29 is 17.9 Å². The van der Waals surface area contributed by atoms with Gasteiger partial charge in [0.25, 0.3) is 5.91 Å². The molecule has 38 heavy (non-hydrogen) atoms. The van der Waals surface area contributed by atoms with Gasteiger partial charge in [-0.25, -0.2) is 13.4 Å². The number of anilines is 1. The second-order valence-electron chi connectivity index (χ2n) is 9.47. The summed E-state index contributed by atoms with van der Waals surface area (Å²) in [5.41, 5.74) is 3.38. The molecule has 1 aliphatic heterocycles. The maximum atomic E-state index is 13.7. The van der Waals surface area contributed by atoms with Crippen molar-refractivity contribution in [3.63, 3.8) is 0 Å². The van der Waals surface area contributed by atoms with Crippen LogP contribution in [-0.4, -0.2) is 49.9 Å². The molecule has 0 saturated carbocycles. The van der Waals surface area contributed by atoms with Crippen molar-refractivity contribution in [2.45, 2.75) is 43.7 Å². The summed E-state index contributed by atoms with van der Waals surface area (Å²) in [5.74, 6) is -0.225. The van der Waals surface area contributed by atoms with Gasteiger partial charge in [0, 0.05) is 25.8 Å². The molecule has 0 radical (unpaired) electrons. The average Bonchev–Trinajstić information content (AvgIpc) is 3.61. The minimum absolute atomic E-state index is 0.0524. The minimum atomic E-state index is -3.72. The van der Waals surface area contributed by atoms with E-state index in [9.17, 15) is 13.2 Å². The fraction of sp³-hybridized carbons (Fsp3) is 0.310. The SMILES string of the molecule is CCc1ccc2nc(N(CC3CCCO3)C(=O)c3ccc(S(=O)(=O)N(C)Cc4ccccc4)cc3)sc2c1. The fourth-order valence-electron chi connectivity index (χ4n) is 4.56. The Morgan fingerprint density at radius 1 is 1.05 bits per heavy atom. The minimum Gasteiger partial charge on any atom is -0.376 e. The molecule has 1 fully saturated rings. The van der Waals surface area contributed by atoms with Crippen LogP contribution in [0.4, 0.5) is 5.13 Å². The van der Waals surface area contributed by atoms with E-state index in [2.05, 4.69) is 19.1 Å². The molecule has 4 aromatic rings. The first-order valence-corrected chi connectivity index (χ1v) is 15.0. The Hall–Kier alpha value is -3.11. The monoisotopic (exact) mass is 549 g/mol. The van der Waals surface area contributed by atoms with Crippen LogP contribution in [-0.2, 0) is 27.7 Å². The molecule has 3 aromatic carbocycles. The lowest BCUT2D eigenvalue weighted by atomic mass is 10.1. The van der Waals surface area contributed by atoms with Crippen molar-refractivity contribution in [1.29, 1.82) is 0 Å². The number of carbonyl (C=O) groups is 1. The second kappa shape index (κ2) is 11.3. The van der Waals surface area contributed by atoms with Gasteiger partial charge in [-0.3, -0.25) is 9.69 Å². The van der Waals surface area contributed by atoms with Crippen molar-refractivity contribution >= 4 is 42.6 Å². The van der Waals surface area contributed by atoms with Crippen LogP contribution in [0.25, 0.3) is 10.2 Å². The van der Waals surface area contributed by atoms with Gasteiger partial charge >= 0.3 is 0 Å². The molecule has 1 unspecified atom stereocenters. The number of sulfonamides is 1. The van der Waals surface area contributed by atoms with Crippen LogP contribution >= 0.6 is 11.3 Å². The van der Waals surface area contributed by atoms with Crippen LogP contribution < -0.4 is 4.90 Å². The standard InChI is InChI=1S/C29H31N3O4S2/c1-3-21-11-16-26-27(18-21)37-29(30-26)32(20-24-10-7-17-36-24)28(33)23-12-14-25(15-13-23)38(34,35)31(2)19-22-8-5-4-6-9-22/h4-6,8-9,11-16,18,24H,3,7,10,17,19-20H2,1-2H3. The summed E-state index contributed by atoms with van der Waals surface area (Å²) in [6.45, 7) is 3.46. The van der Waals surface area contributed by atoms with Crippen LogP contribution in [0, 0.1) is 0 Å². The fourth-order valence-corrected chi connectivity index (χ4v) is 6.76. The highest BCUT2D eigenvalue weighted by Crippen LogP contribution is 2.32. The Bertz CT molecular complexity index is 1510. The highest BCUT2D eigenvalue weighted by atomic mass is 32.2. The molecular formula is C29H31N3O4S2. The van der Waals surface area contributed by atoms with Crippen molar-refractivity contribution in [1.82, 2.24) is 9.29 Å². The number of aromatic nitrogens is 1. The lowest BCUT2D eigenvalue weighted by Crippen LogP contribution is -2.37. The molecule has 7 nitrogen and oxygen atoms in total. The number of nitrogens with zero attached hydrogens (tertiary/aromatic N) is 3. The van der Waals surface area contributed by atoms with Crippen molar-refractivity contribution in [3.05, 3.63) is 89.5 Å². The summed E-state index contributed by atoms with van der Waals surface area (Å²) < 4.78 is 34.5. The number of thiazole rings is 1. The van der Waals surface area contributed by atoms with Gasteiger partial charge in [-0.2, -0.15) is 4.31 Å². The Morgan fingerprint density at radius 3 is 2.50 bits per heavy atom.